The average molecular weight is 287 g/mol. The van der Waals surface area contributed by atoms with Crippen molar-refractivity contribution in [2.75, 3.05) is 11.5 Å². The number of primary amides is 1. The summed E-state index contributed by atoms with van der Waals surface area (Å²) < 4.78 is 9.18. The van der Waals surface area contributed by atoms with Crippen LogP contribution in [0.25, 0.3) is 0 Å². The molecule has 2 amide bonds. The first kappa shape index (κ1) is 11.6. The van der Waals surface area contributed by atoms with Gasteiger partial charge in [0.15, 0.2) is 0 Å². The molecule has 1 atom stereocenters. The molecule has 0 aromatic heterocycles. The van der Waals surface area contributed by atoms with E-state index in [4.69, 9.17) is 9.17 Å². The zero-order chi connectivity index (χ0) is 9.56. The first-order valence-electron chi connectivity index (χ1n) is 3.33. The summed E-state index contributed by atoms with van der Waals surface area (Å²) in [6, 6.07) is -0.575. The topological polar surface area (TPSA) is 83.6 Å². The number of likely N-dealkylation sites (N-methyl/N-ethyl adjacent to an activating group) is 1. The van der Waals surface area contributed by atoms with E-state index in [0.29, 0.717) is 17.3 Å². The van der Waals surface area contributed by atoms with Crippen molar-refractivity contribution in [1.82, 2.24) is 4.90 Å². The fourth-order valence-corrected chi connectivity index (χ4v) is 1.64. The number of halogens is 1. The number of carbonyl (C=O) groups excluding carboxylic acids is 2. The Kier molecular flexibility index (Phi) is 5.99. The number of rotatable bonds is 6. The van der Waals surface area contributed by atoms with Gasteiger partial charge >= 0.3 is 81.5 Å². The molecule has 6 heteroatoms. The van der Waals surface area contributed by atoms with Crippen LogP contribution in [-0.2, 0) is 9.59 Å². The minimum atomic E-state index is -0.833. The van der Waals surface area contributed by atoms with Gasteiger partial charge in [-0.25, -0.2) is 0 Å². The molecule has 3 N–H and O–H groups in total. The molecule has 0 aliphatic carbocycles. The molecule has 0 aliphatic heterocycles. The molecule has 0 fully saturated rings. The van der Waals surface area contributed by atoms with Crippen LogP contribution in [0.2, 0.25) is 0 Å². The van der Waals surface area contributed by atoms with E-state index in [9.17, 15) is 9.59 Å². The van der Waals surface area contributed by atoms with Gasteiger partial charge in [-0.2, -0.15) is 0 Å². The number of hydrogen-bond donors (Lipinski definition) is 2. The summed E-state index contributed by atoms with van der Waals surface area (Å²) in [6.07, 6.45) is 1.01. The second-order valence-corrected chi connectivity index (χ2v) is 4.05. The summed E-state index contributed by atoms with van der Waals surface area (Å²) in [4.78, 5) is 22.3. The van der Waals surface area contributed by atoms with Gasteiger partial charge in [0.2, 0.25) is 0 Å². The zero-order valence-corrected chi connectivity index (χ0v) is 8.89. The summed E-state index contributed by atoms with van der Waals surface area (Å²) >= 11 is -0.833. The van der Waals surface area contributed by atoms with Crippen LogP contribution >= 0.6 is 0 Å². The van der Waals surface area contributed by atoms with E-state index in [2.05, 4.69) is 0 Å². The fraction of sp³-hybridized carbons (Fsp3) is 0.667. The molecule has 1 unspecified atom stereocenters. The molecular weight excluding hydrogens is 275 g/mol. The van der Waals surface area contributed by atoms with Gasteiger partial charge in [-0.05, 0) is 0 Å². The molecule has 72 valence electrons. The molecule has 5 nitrogen and oxygen atoms in total. The van der Waals surface area contributed by atoms with Crippen molar-refractivity contribution in [2.24, 2.45) is 5.73 Å². The van der Waals surface area contributed by atoms with Crippen molar-refractivity contribution >= 4 is 12.3 Å². The number of nitrogens with two attached hydrogens (primary N) is 1. The summed E-state index contributed by atoms with van der Waals surface area (Å²) in [7, 11) is 1.50. The first-order valence-corrected chi connectivity index (χ1v) is 5.82. The number of hydrogen-bond acceptors (Lipinski definition) is 3. The van der Waals surface area contributed by atoms with E-state index in [-0.39, 0.29) is 0 Å². The first-order chi connectivity index (χ1) is 5.63. The normalized spacial score (nSPS) is 12.5. The van der Waals surface area contributed by atoms with Crippen LogP contribution in [0.3, 0.4) is 0 Å². The number of carbonyl (C=O) groups is 2. The molecule has 0 aliphatic rings. The van der Waals surface area contributed by atoms with Crippen molar-refractivity contribution in [1.29, 1.82) is 0 Å². The number of nitrogens with zero attached hydrogens (tertiary/aromatic N) is 1. The van der Waals surface area contributed by atoms with Gasteiger partial charge < -0.3 is 0 Å². The Bertz CT molecular complexity index is 165. The van der Waals surface area contributed by atoms with Crippen LogP contribution in [0.1, 0.15) is 6.42 Å². The van der Waals surface area contributed by atoms with Gasteiger partial charge in [-0.1, -0.05) is 0 Å². The van der Waals surface area contributed by atoms with Gasteiger partial charge in [-0.3, -0.25) is 0 Å². The van der Waals surface area contributed by atoms with Gasteiger partial charge in [0.05, 0.1) is 0 Å². The van der Waals surface area contributed by atoms with Crippen LogP contribution < -0.4 is 27.4 Å². The average Bonchev–Trinajstić information content (AvgIpc) is 2.04. The molecule has 0 rings (SSSR count). The standard InChI is InChI=1S/C6H12IN2O3/c1-9(4-10)5(6(8)11)2-3-7-12/h4-5,12H,2-3H2,1H3,(H2,8,11)/q-1. The Hall–Kier alpha value is -0.370. The van der Waals surface area contributed by atoms with Gasteiger partial charge in [0.25, 0.3) is 0 Å². The number of alkyl halides is 1. The summed E-state index contributed by atoms with van der Waals surface area (Å²) in [6.45, 7) is 0. The van der Waals surface area contributed by atoms with Crippen molar-refractivity contribution < 1.29 is 34.6 Å². The van der Waals surface area contributed by atoms with Gasteiger partial charge in [-0.15, -0.1) is 0 Å². The van der Waals surface area contributed by atoms with Crippen LogP contribution in [0.15, 0.2) is 0 Å². The Labute approximate surface area is 81.7 Å². The third-order valence-corrected chi connectivity index (χ3v) is 2.56. The monoisotopic (exact) mass is 287 g/mol. The Morgan fingerprint density at radius 2 is 2.42 bits per heavy atom. The maximum absolute atomic E-state index is 10.8. The van der Waals surface area contributed by atoms with E-state index in [0.717, 1.165) is 0 Å². The van der Waals surface area contributed by atoms with E-state index >= 15 is 0 Å². The molecule has 0 aromatic carbocycles. The Morgan fingerprint density at radius 1 is 1.83 bits per heavy atom. The van der Waals surface area contributed by atoms with Crippen LogP contribution in [0, 0.1) is 0 Å². The van der Waals surface area contributed by atoms with Crippen molar-refractivity contribution in [3.05, 3.63) is 0 Å². The molecular formula is C6H12IN2O3-. The van der Waals surface area contributed by atoms with Gasteiger partial charge in [0, 0.05) is 0 Å². The molecule has 0 bridgehead atoms. The van der Waals surface area contributed by atoms with Gasteiger partial charge in [0.1, 0.15) is 0 Å². The second-order valence-electron chi connectivity index (χ2n) is 2.29. The SMILES string of the molecule is CN(C=O)C(CC[I-]O)C(N)=O. The summed E-state index contributed by atoms with van der Waals surface area (Å²) in [5.41, 5.74) is 5.05. The van der Waals surface area contributed by atoms with Crippen LogP contribution in [0.5, 0.6) is 0 Å². The molecule has 0 saturated heterocycles. The molecule has 0 spiro atoms. The summed E-state index contributed by atoms with van der Waals surface area (Å²) in [5.74, 6) is -0.526. The third kappa shape index (κ3) is 3.86. The van der Waals surface area contributed by atoms with E-state index in [1.807, 2.05) is 0 Å². The molecule has 0 radical (unpaired) electrons. The molecule has 0 heterocycles. The minimum absolute atomic E-state index is 0.453. The quantitative estimate of drug-likeness (QED) is 0.292. The predicted octanol–water partition coefficient (Wildman–Crippen LogP) is -4.69. The fourth-order valence-electron chi connectivity index (χ4n) is 0.772. The van der Waals surface area contributed by atoms with Crippen molar-refractivity contribution in [3.8, 4) is 0 Å². The second kappa shape index (κ2) is 6.18. The van der Waals surface area contributed by atoms with Crippen molar-refractivity contribution in [2.45, 2.75) is 12.5 Å². The van der Waals surface area contributed by atoms with Crippen LogP contribution in [-0.4, -0.2) is 38.2 Å². The molecule has 12 heavy (non-hydrogen) atoms. The van der Waals surface area contributed by atoms with E-state index < -0.39 is 33.6 Å². The molecule has 0 aromatic rings. The maximum atomic E-state index is 10.8. The third-order valence-electron chi connectivity index (χ3n) is 1.45. The number of amides is 2. The predicted molar refractivity (Wildman–Crippen MR) is 38.5 cm³/mol. The Morgan fingerprint density at radius 3 is 2.75 bits per heavy atom. The van der Waals surface area contributed by atoms with E-state index in [1.165, 1.54) is 11.9 Å². The zero-order valence-electron chi connectivity index (χ0n) is 6.74. The molecule has 0 saturated carbocycles. The van der Waals surface area contributed by atoms with Crippen molar-refractivity contribution in [3.63, 3.8) is 0 Å². The van der Waals surface area contributed by atoms with Crippen LogP contribution in [0.4, 0.5) is 0 Å². The summed E-state index contributed by atoms with van der Waals surface area (Å²) in [5, 5.41) is 0. The Balaban J connectivity index is 4.03. The van der Waals surface area contributed by atoms with E-state index in [1.54, 1.807) is 0 Å².